The molecule has 0 bridgehead atoms. The molecule has 0 aliphatic carbocycles. The Kier molecular flexibility index (Phi) is 7.90. The molecule has 2 unspecified atom stereocenters. The lowest BCUT2D eigenvalue weighted by Gasteiger charge is -2.34. The number of hydrogen-bond donors (Lipinski definition) is 2. The molecule has 6 rings (SSSR count). The summed E-state index contributed by atoms with van der Waals surface area (Å²) in [6.45, 7) is 2.37. The number of anilines is 1. The highest BCUT2D eigenvalue weighted by molar-refractivity contribution is 7.17. The molecular formula is C30H32N4O4S. The molecule has 2 aliphatic heterocycles. The van der Waals surface area contributed by atoms with E-state index in [1.54, 1.807) is 17.7 Å². The number of ether oxygens (including phenoxy) is 3. The molecular weight excluding hydrogens is 512 g/mol. The molecule has 0 spiro atoms. The van der Waals surface area contributed by atoms with Crippen LogP contribution in [-0.4, -0.2) is 59.8 Å². The van der Waals surface area contributed by atoms with Gasteiger partial charge in [-0.2, -0.15) is 0 Å². The minimum atomic E-state index is -0.651. The first-order valence-corrected chi connectivity index (χ1v) is 14.2. The highest BCUT2D eigenvalue weighted by atomic mass is 32.1. The monoisotopic (exact) mass is 544 g/mol. The molecule has 0 amide bonds. The predicted octanol–water partition coefficient (Wildman–Crippen LogP) is 4.71. The van der Waals surface area contributed by atoms with Crippen molar-refractivity contribution >= 4 is 27.4 Å². The van der Waals surface area contributed by atoms with E-state index in [0.717, 1.165) is 47.5 Å². The molecule has 1 fully saturated rings. The Balaban J connectivity index is 0.959. The minimum Gasteiger partial charge on any atom is -0.460 e. The van der Waals surface area contributed by atoms with E-state index < -0.39 is 12.4 Å². The van der Waals surface area contributed by atoms with E-state index in [1.165, 1.54) is 17.4 Å². The SMILES string of the molecule is OC(CNC1CCN(c2ncnc3scc(-c4ccccc4)c23)CC1)COC1=COC(Cc2ccccc2)O1. The summed E-state index contributed by atoms with van der Waals surface area (Å²) in [6.07, 6.45) is 4.65. The molecule has 39 heavy (non-hydrogen) atoms. The van der Waals surface area contributed by atoms with E-state index in [-0.39, 0.29) is 6.61 Å². The number of aliphatic hydroxyl groups excluding tert-OH is 1. The molecule has 2 aromatic carbocycles. The van der Waals surface area contributed by atoms with Gasteiger partial charge in [0.2, 0.25) is 6.29 Å². The summed E-state index contributed by atoms with van der Waals surface area (Å²) in [4.78, 5) is 12.6. The lowest BCUT2D eigenvalue weighted by molar-refractivity contribution is -0.0786. The van der Waals surface area contributed by atoms with Crippen molar-refractivity contribution in [1.29, 1.82) is 0 Å². The first-order chi connectivity index (χ1) is 19.2. The van der Waals surface area contributed by atoms with E-state index in [9.17, 15) is 5.11 Å². The minimum absolute atomic E-state index is 0.137. The van der Waals surface area contributed by atoms with Crippen LogP contribution in [0.4, 0.5) is 5.82 Å². The van der Waals surface area contributed by atoms with Crippen LogP contribution in [0.3, 0.4) is 0 Å². The van der Waals surface area contributed by atoms with Gasteiger partial charge in [-0.1, -0.05) is 60.7 Å². The Morgan fingerprint density at radius 1 is 1.05 bits per heavy atom. The number of nitrogens with one attached hydrogen (secondary N) is 1. The van der Waals surface area contributed by atoms with Crippen molar-refractivity contribution in [2.75, 3.05) is 31.1 Å². The summed E-state index contributed by atoms with van der Waals surface area (Å²) in [7, 11) is 0. The maximum Gasteiger partial charge on any atom is 0.318 e. The predicted molar refractivity (Wildman–Crippen MR) is 152 cm³/mol. The Morgan fingerprint density at radius 3 is 2.62 bits per heavy atom. The molecule has 0 saturated carbocycles. The van der Waals surface area contributed by atoms with Gasteiger partial charge in [-0.25, -0.2) is 9.97 Å². The normalized spacial score (nSPS) is 18.4. The molecule has 2 aliphatic rings. The second kappa shape index (κ2) is 12.0. The first kappa shape index (κ1) is 25.6. The van der Waals surface area contributed by atoms with Gasteiger partial charge < -0.3 is 29.5 Å². The summed E-state index contributed by atoms with van der Waals surface area (Å²) >= 11 is 1.66. The summed E-state index contributed by atoms with van der Waals surface area (Å²) in [5, 5.41) is 17.3. The molecule has 8 nitrogen and oxygen atoms in total. The van der Waals surface area contributed by atoms with Gasteiger partial charge >= 0.3 is 5.95 Å². The van der Waals surface area contributed by atoms with Crippen LogP contribution in [0.25, 0.3) is 21.3 Å². The fourth-order valence-electron chi connectivity index (χ4n) is 5.05. The van der Waals surface area contributed by atoms with Crippen LogP contribution >= 0.6 is 11.3 Å². The maximum absolute atomic E-state index is 10.5. The van der Waals surface area contributed by atoms with Crippen LogP contribution in [0.1, 0.15) is 18.4 Å². The third-order valence-electron chi connectivity index (χ3n) is 7.10. The van der Waals surface area contributed by atoms with Crippen LogP contribution in [0.15, 0.2) is 84.6 Å². The molecule has 2 aromatic heterocycles. The number of aliphatic hydroxyl groups is 1. The fourth-order valence-corrected chi connectivity index (χ4v) is 5.96. The number of aromatic nitrogens is 2. The summed E-state index contributed by atoms with van der Waals surface area (Å²) < 4.78 is 16.9. The molecule has 9 heteroatoms. The van der Waals surface area contributed by atoms with Gasteiger partial charge in [0, 0.05) is 43.0 Å². The number of rotatable bonds is 10. The second-order valence-corrected chi connectivity index (χ2v) is 10.7. The van der Waals surface area contributed by atoms with Gasteiger partial charge in [0.25, 0.3) is 0 Å². The summed E-state index contributed by atoms with van der Waals surface area (Å²) in [5.41, 5.74) is 3.50. The standard InChI is InChI=1S/C30H32N4O4S/c35-24(17-36-27-18-37-26(38-27)15-21-7-3-1-4-8-21)16-31-23-11-13-34(14-12-23)29-28-25(22-9-5-2-6-10-22)19-39-30(28)33-20-32-29/h1-10,18-20,23-24,26,31,35H,11-17H2. The quantitative estimate of drug-likeness (QED) is 0.297. The van der Waals surface area contributed by atoms with Crippen LogP contribution in [0, 0.1) is 0 Å². The number of piperidine rings is 1. The van der Waals surface area contributed by atoms with Crippen molar-refractivity contribution in [1.82, 2.24) is 15.3 Å². The van der Waals surface area contributed by atoms with Crippen LogP contribution in [0.5, 0.6) is 0 Å². The molecule has 4 heterocycles. The summed E-state index contributed by atoms with van der Waals surface area (Å²) in [6, 6.07) is 20.8. The second-order valence-electron chi connectivity index (χ2n) is 9.84. The molecule has 4 aromatic rings. The highest BCUT2D eigenvalue weighted by Gasteiger charge is 2.25. The topological polar surface area (TPSA) is 89.0 Å². The zero-order valence-corrected chi connectivity index (χ0v) is 22.4. The fraction of sp³-hybridized carbons (Fsp3) is 0.333. The van der Waals surface area contributed by atoms with E-state index in [1.807, 2.05) is 36.4 Å². The zero-order valence-electron chi connectivity index (χ0n) is 21.6. The Hall–Kier alpha value is -3.66. The lowest BCUT2D eigenvalue weighted by Crippen LogP contribution is -2.45. The van der Waals surface area contributed by atoms with Gasteiger partial charge in [0.1, 0.15) is 29.7 Å². The van der Waals surface area contributed by atoms with E-state index in [0.29, 0.717) is 25.0 Å². The lowest BCUT2D eigenvalue weighted by atomic mass is 10.0. The van der Waals surface area contributed by atoms with Crippen LogP contribution in [-0.2, 0) is 20.6 Å². The first-order valence-electron chi connectivity index (χ1n) is 13.4. The third kappa shape index (κ3) is 6.16. The number of benzene rings is 2. The number of nitrogens with zero attached hydrogens (tertiary/aromatic N) is 3. The Bertz CT molecular complexity index is 1390. The number of thiophene rings is 1. The van der Waals surface area contributed by atoms with E-state index >= 15 is 0 Å². The number of hydrogen-bond acceptors (Lipinski definition) is 9. The van der Waals surface area contributed by atoms with Gasteiger partial charge in [-0.15, -0.1) is 11.3 Å². The van der Waals surface area contributed by atoms with Gasteiger partial charge in [-0.05, 0) is 24.0 Å². The Morgan fingerprint density at radius 2 is 1.82 bits per heavy atom. The average molecular weight is 545 g/mol. The van der Waals surface area contributed by atoms with Crippen LogP contribution in [0.2, 0.25) is 0 Å². The maximum atomic E-state index is 10.5. The zero-order chi connectivity index (χ0) is 26.4. The summed E-state index contributed by atoms with van der Waals surface area (Å²) in [5.74, 6) is 1.31. The molecule has 2 N–H and O–H groups in total. The van der Waals surface area contributed by atoms with Crippen molar-refractivity contribution in [2.45, 2.75) is 37.7 Å². The van der Waals surface area contributed by atoms with Crippen molar-refractivity contribution in [3.63, 3.8) is 0 Å². The van der Waals surface area contributed by atoms with E-state index in [2.05, 4.69) is 44.8 Å². The van der Waals surface area contributed by atoms with Crippen molar-refractivity contribution < 1.29 is 19.3 Å². The van der Waals surface area contributed by atoms with Gasteiger partial charge in [-0.3, -0.25) is 0 Å². The van der Waals surface area contributed by atoms with Crippen molar-refractivity contribution in [2.24, 2.45) is 0 Å². The van der Waals surface area contributed by atoms with E-state index in [4.69, 9.17) is 19.2 Å². The Labute approximate surface area is 231 Å². The van der Waals surface area contributed by atoms with Crippen molar-refractivity contribution in [3.8, 4) is 11.1 Å². The molecule has 0 radical (unpaired) electrons. The van der Waals surface area contributed by atoms with Gasteiger partial charge in [0.15, 0.2) is 6.26 Å². The largest absolute Gasteiger partial charge is 0.460 e. The molecule has 202 valence electrons. The highest BCUT2D eigenvalue weighted by Crippen LogP contribution is 2.38. The average Bonchev–Trinajstić information content (AvgIpc) is 3.63. The van der Waals surface area contributed by atoms with Gasteiger partial charge in [0.05, 0.1) is 5.39 Å². The van der Waals surface area contributed by atoms with Crippen molar-refractivity contribution in [3.05, 3.63) is 90.1 Å². The molecule has 2 atom stereocenters. The molecule has 1 saturated heterocycles. The van der Waals surface area contributed by atoms with Crippen LogP contribution < -0.4 is 10.2 Å². The smallest absolute Gasteiger partial charge is 0.318 e. The number of fused-ring (bicyclic) bond motifs is 1. The third-order valence-corrected chi connectivity index (χ3v) is 7.98.